The number of amides is 1. The summed E-state index contributed by atoms with van der Waals surface area (Å²) in [5, 5.41) is 0.678. The Bertz CT molecular complexity index is 652. The lowest BCUT2D eigenvalue weighted by Gasteiger charge is -2.37. The number of likely N-dealkylation sites (tertiary alicyclic amines) is 2. The number of hydrogen-bond acceptors (Lipinski definition) is 4. The van der Waals surface area contributed by atoms with Crippen LogP contribution in [0, 0.1) is 5.41 Å². The van der Waals surface area contributed by atoms with Gasteiger partial charge in [0.25, 0.3) is 0 Å². The number of benzene rings is 1. The maximum atomic E-state index is 12.7. The molecule has 2 aliphatic heterocycles. The smallest absolute Gasteiger partial charge is 0.229 e. The Hall–Kier alpha value is -1.46. The van der Waals surface area contributed by atoms with E-state index in [1.54, 1.807) is 7.11 Å². The monoisotopic (exact) mass is 366 g/mol. The van der Waals surface area contributed by atoms with Crippen LogP contribution in [0.2, 0.25) is 5.02 Å². The average molecular weight is 367 g/mol. The minimum atomic E-state index is -0.200. The average Bonchev–Trinajstić information content (AvgIpc) is 2.99. The summed E-state index contributed by atoms with van der Waals surface area (Å²) >= 11 is 6.46. The number of halogens is 1. The number of carbonyl (C=O) groups excluding carboxylic acids is 1. The van der Waals surface area contributed by atoms with Gasteiger partial charge in [0.1, 0.15) is 0 Å². The van der Waals surface area contributed by atoms with E-state index in [0.29, 0.717) is 29.0 Å². The van der Waals surface area contributed by atoms with Gasteiger partial charge in [0.2, 0.25) is 5.91 Å². The molecule has 1 atom stereocenters. The summed E-state index contributed by atoms with van der Waals surface area (Å²) in [6, 6.07) is 3.78. The lowest BCUT2D eigenvalue weighted by Crippen LogP contribution is -2.48. The lowest BCUT2D eigenvalue weighted by atomic mass is 9.78. The zero-order valence-corrected chi connectivity index (χ0v) is 16.1. The molecule has 138 valence electrons. The number of methoxy groups -OCH3 is 1. The molecule has 0 radical (unpaired) electrons. The first-order chi connectivity index (χ1) is 12.0. The van der Waals surface area contributed by atoms with Crippen LogP contribution < -0.4 is 9.47 Å². The summed E-state index contributed by atoms with van der Waals surface area (Å²) in [4.78, 5) is 16.9. The second-order valence-corrected chi connectivity index (χ2v) is 7.51. The van der Waals surface area contributed by atoms with E-state index in [4.69, 9.17) is 21.1 Å². The van der Waals surface area contributed by atoms with Crippen molar-refractivity contribution in [3.63, 3.8) is 0 Å². The van der Waals surface area contributed by atoms with Crippen LogP contribution in [0.3, 0.4) is 0 Å². The van der Waals surface area contributed by atoms with Crippen LogP contribution >= 0.6 is 11.6 Å². The van der Waals surface area contributed by atoms with Gasteiger partial charge in [0, 0.05) is 37.8 Å². The van der Waals surface area contributed by atoms with Crippen molar-refractivity contribution in [2.45, 2.75) is 32.7 Å². The normalized spacial score (nSPS) is 24.2. The van der Waals surface area contributed by atoms with Crippen LogP contribution in [-0.2, 0) is 11.3 Å². The van der Waals surface area contributed by atoms with Crippen molar-refractivity contribution < 1.29 is 14.3 Å². The first-order valence-corrected chi connectivity index (χ1v) is 9.34. The van der Waals surface area contributed by atoms with Crippen molar-refractivity contribution >= 4 is 17.5 Å². The number of nitrogens with zero attached hydrogens (tertiary/aromatic N) is 2. The Kier molecular flexibility index (Phi) is 5.44. The Labute approximate surface area is 154 Å². The van der Waals surface area contributed by atoms with Gasteiger partial charge in [-0.2, -0.15) is 0 Å². The minimum Gasteiger partial charge on any atom is -0.493 e. The van der Waals surface area contributed by atoms with Crippen molar-refractivity contribution in [2.75, 3.05) is 40.4 Å². The summed E-state index contributed by atoms with van der Waals surface area (Å²) in [7, 11) is 3.55. The zero-order valence-electron chi connectivity index (χ0n) is 15.3. The highest BCUT2D eigenvalue weighted by molar-refractivity contribution is 6.31. The molecule has 0 aromatic heterocycles. The molecule has 2 aliphatic rings. The Morgan fingerprint density at radius 1 is 1.24 bits per heavy atom. The van der Waals surface area contributed by atoms with E-state index < -0.39 is 0 Å². The first kappa shape index (κ1) is 18.3. The molecule has 3 rings (SSSR count). The van der Waals surface area contributed by atoms with Gasteiger partial charge in [-0.15, -0.1) is 0 Å². The third kappa shape index (κ3) is 3.58. The summed E-state index contributed by atoms with van der Waals surface area (Å²) in [5.74, 6) is 1.67. The highest BCUT2D eigenvalue weighted by Gasteiger charge is 2.47. The largest absolute Gasteiger partial charge is 0.493 e. The first-order valence-electron chi connectivity index (χ1n) is 8.96. The van der Waals surface area contributed by atoms with Gasteiger partial charge in [-0.3, -0.25) is 9.69 Å². The maximum Gasteiger partial charge on any atom is 0.229 e. The van der Waals surface area contributed by atoms with E-state index in [1.165, 1.54) is 0 Å². The predicted molar refractivity (Wildman–Crippen MR) is 98.4 cm³/mol. The molecule has 6 heteroatoms. The SMILES string of the molecule is CCOc1cc(Cl)c(CN2CCC3(CCCN(C)C3=O)C2)cc1OC. The topological polar surface area (TPSA) is 42.0 Å². The molecule has 1 unspecified atom stereocenters. The summed E-state index contributed by atoms with van der Waals surface area (Å²) in [5.41, 5.74) is 0.810. The van der Waals surface area contributed by atoms with Crippen LogP contribution in [0.1, 0.15) is 31.7 Å². The van der Waals surface area contributed by atoms with Gasteiger partial charge in [-0.1, -0.05) is 11.6 Å². The van der Waals surface area contributed by atoms with Crippen LogP contribution in [0.15, 0.2) is 12.1 Å². The van der Waals surface area contributed by atoms with E-state index in [9.17, 15) is 4.79 Å². The molecule has 1 aromatic rings. The van der Waals surface area contributed by atoms with Gasteiger partial charge >= 0.3 is 0 Å². The van der Waals surface area contributed by atoms with Crippen LogP contribution in [0.4, 0.5) is 0 Å². The van der Waals surface area contributed by atoms with Gasteiger partial charge in [-0.25, -0.2) is 0 Å². The summed E-state index contributed by atoms with van der Waals surface area (Å²) in [6.45, 7) is 5.83. The zero-order chi connectivity index (χ0) is 18.0. The summed E-state index contributed by atoms with van der Waals surface area (Å²) in [6.07, 6.45) is 3.02. The number of carbonyl (C=O) groups is 1. The molecule has 0 saturated carbocycles. The fraction of sp³-hybridized carbons (Fsp3) is 0.632. The van der Waals surface area contributed by atoms with E-state index in [0.717, 1.165) is 51.0 Å². The molecule has 2 saturated heterocycles. The van der Waals surface area contributed by atoms with Crippen LogP contribution in [-0.4, -0.2) is 56.1 Å². The molecule has 1 spiro atoms. The van der Waals surface area contributed by atoms with Crippen molar-refractivity contribution in [2.24, 2.45) is 5.41 Å². The third-order valence-electron chi connectivity index (χ3n) is 5.41. The fourth-order valence-electron chi connectivity index (χ4n) is 4.11. The number of rotatable bonds is 5. The third-order valence-corrected chi connectivity index (χ3v) is 5.76. The van der Waals surface area contributed by atoms with Crippen molar-refractivity contribution in [3.05, 3.63) is 22.7 Å². The Morgan fingerprint density at radius 3 is 2.76 bits per heavy atom. The Balaban J connectivity index is 1.74. The molecule has 2 heterocycles. The fourth-order valence-corrected chi connectivity index (χ4v) is 4.32. The molecule has 0 bridgehead atoms. The maximum absolute atomic E-state index is 12.7. The standard InChI is InChI=1S/C19H27ClN2O3/c1-4-25-17-11-15(20)14(10-16(17)24-3)12-22-9-7-19(13-22)6-5-8-21(2)18(19)23/h10-11H,4-9,12-13H2,1-3H3. The molecule has 0 N–H and O–H groups in total. The van der Waals surface area contributed by atoms with Gasteiger partial charge in [0.05, 0.1) is 19.1 Å². The van der Waals surface area contributed by atoms with E-state index in [-0.39, 0.29) is 5.41 Å². The van der Waals surface area contributed by atoms with Gasteiger partial charge in [0.15, 0.2) is 11.5 Å². The number of ether oxygens (including phenoxy) is 2. The number of hydrogen-bond donors (Lipinski definition) is 0. The highest BCUT2D eigenvalue weighted by atomic mass is 35.5. The van der Waals surface area contributed by atoms with E-state index in [1.807, 2.05) is 31.0 Å². The second kappa shape index (κ2) is 7.42. The molecule has 1 aromatic carbocycles. The molecular weight excluding hydrogens is 340 g/mol. The molecule has 1 amide bonds. The van der Waals surface area contributed by atoms with Crippen molar-refractivity contribution in [1.82, 2.24) is 9.80 Å². The highest BCUT2D eigenvalue weighted by Crippen LogP contribution is 2.41. The molecule has 0 aliphatic carbocycles. The second-order valence-electron chi connectivity index (χ2n) is 7.10. The van der Waals surface area contributed by atoms with Crippen molar-refractivity contribution in [1.29, 1.82) is 0 Å². The van der Waals surface area contributed by atoms with Gasteiger partial charge < -0.3 is 14.4 Å². The van der Waals surface area contributed by atoms with Crippen LogP contribution in [0.25, 0.3) is 0 Å². The van der Waals surface area contributed by atoms with E-state index in [2.05, 4.69) is 4.90 Å². The Morgan fingerprint density at radius 2 is 2.04 bits per heavy atom. The predicted octanol–water partition coefficient (Wildman–Crippen LogP) is 3.19. The molecular formula is C19H27ClN2O3. The lowest BCUT2D eigenvalue weighted by molar-refractivity contribution is -0.143. The van der Waals surface area contributed by atoms with Crippen molar-refractivity contribution in [3.8, 4) is 11.5 Å². The number of piperidine rings is 1. The minimum absolute atomic E-state index is 0.200. The van der Waals surface area contributed by atoms with Gasteiger partial charge in [-0.05, 0) is 44.4 Å². The molecule has 2 fully saturated rings. The molecule has 5 nitrogen and oxygen atoms in total. The molecule has 25 heavy (non-hydrogen) atoms. The van der Waals surface area contributed by atoms with Crippen LogP contribution in [0.5, 0.6) is 11.5 Å². The summed E-state index contributed by atoms with van der Waals surface area (Å²) < 4.78 is 11.0. The quantitative estimate of drug-likeness (QED) is 0.802. The van der Waals surface area contributed by atoms with E-state index >= 15 is 0 Å².